The Morgan fingerprint density at radius 3 is 3.15 bits per heavy atom. The molecule has 1 aliphatic heterocycles. The fourth-order valence-electron chi connectivity index (χ4n) is 1.73. The van der Waals surface area contributed by atoms with Gasteiger partial charge in [-0.1, -0.05) is 11.6 Å². The van der Waals surface area contributed by atoms with E-state index in [1.807, 2.05) is 17.8 Å². The lowest BCUT2D eigenvalue weighted by Gasteiger charge is -2.09. The second-order valence-electron chi connectivity index (χ2n) is 3.58. The van der Waals surface area contributed by atoms with E-state index in [9.17, 15) is 0 Å². The van der Waals surface area contributed by atoms with Crippen LogP contribution in [0, 0.1) is 6.92 Å². The minimum absolute atomic E-state index is 0.579. The lowest BCUT2D eigenvalue weighted by atomic mass is 10.2. The lowest BCUT2D eigenvalue weighted by Crippen LogP contribution is -2.26. The first-order chi connectivity index (χ1) is 6.25. The van der Waals surface area contributed by atoms with Gasteiger partial charge in [0, 0.05) is 12.2 Å². The topological polar surface area (TPSA) is 29.9 Å². The van der Waals surface area contributed by atoms with Crippen molar-refractivity contribution in [1.29, 1.82) is 0 Å². The van der Waals surface area contributed by atoms with E-state index in [4.69, 9.17) is 11.6 Å². The Morgan fingerprint density at radius 2 is 2.62 bits per heavy atom. The Morgan fingerprint density at radius 1 is 1.77 bits per heavy atom. The molecule has 72 valence electrons. The minimum atomic E-state index is 0.579. The Labute approximate surface area is 83.1 Å². The van der Waals surface area contributed by atoms with Gasteiger partial charge in [0.2, 0.25) is 0 Å². The highest BCUT2D eigenvalue weighted by molar-refractivity contribution is 6.31. The molecule has 1 atom stereocenters. The zero-order valence-corrected chi connectivity index (χ0v) is 8.51. The van der Waals surface area contributed by atoms with Gasteiger partial charge in [0.25, 0.3) is 0 Å². The van der Waals surface area contributed by atoms with E-state index >= 15 is 0 Å². The largest absolute Gasteiger partial charge is 0.312 e. The molecule has 0 radical (unpaired) electrons. The summed E-state index contributed by atoms with van der Waals surface area (Å²) in [5.41, 5.74) is 0.916. The molecule has 0 saturated carbocycles. The number of nitrogens with one attached hydrogen (secondary N) is 1. The van der Waals surface area contributed by atoms with E-state index in [0.717, 1.165) is 23.8 Å². The van der Waals surface area contributed by atoms with Gasteiger partial charge in [0.05, 0.1) is 17.3 Å². The molecule has 0 amide bonds. The van der Waals surface area contributed by atoms with E-state index in [-0.39, 0.29) is 0 Å². The van der Waals surface area contributed by atoms with E-state index in [1.165, 1.54) is 12.8 Å². The maximum absolute atomic E-state index is 5.91. The van der Waals surface area contributed by atoms with Crippen LogP contribution in [0.5, 0.6) is 0 Å². The van der Waals surface area contributed by atoms with Crippen LogP contribution in [0.15, 0.2) is 6.20 Å². The molecule has 2 rings (SSSR count). The standard InChI is InChI=1S/C9H14ClN3/c1-7-9(10)6-13(12-7)5-8-3-2-4-11-8/h6,8,11H,2-5H2,1H3/t8-/m1/s1. The van der Waals surface area contributed by atoms with E-state index in [2.05, 4.69) is 10.4 Å². The Bertz CT molecular complexity index is 270. The number of hydrogen-bond donors (Lipinski definition) is 1. The highest BCUT2D eigenvalue weighted by Gasteiger charge is 2.15. The third-order valence-corrected chi connectivity index (χ3v) is 2.83. The quantitative estimate of drug-likeness (QED) is 0.784. The summed E-state index contributed by atoms with van der Waals surface area (Å²) in [6.45, 7) is 4.01. The van der Waals surface area contributed by atoms with Crippen molar-refractivity contribution in [3.63, 3.8) is 0 Å². The van der Waals surface area contributed by atoms with Crippen molar-refractivity contribution in [1.82, 2.24) is 15.1 Å². The van der Waals surface area contributed by atoms with Crippen LogP contribution in [-0.2, 0) is 6.54 Å². The van der Waals surface area contributed by atoms with Gasteiger partial charge in [0.1, 0.15) is 0 Å². The molecule has 0 spiro atoms. The Kier molecular flexibility index (Phi) is 2.56. The molecule has 1 N–H and O–H groups in total. The molecule has 0 unspecified atom stereocenters. The van der Waals surface area contributed by atoms with E-state index in [0.29, 0.717) is 6.04 Å². The second-order valence-corrected chi connectivity index (χ2v) is 3.98. The molecule has 1 aromatic heterocycles. The summed E-state index contributed by atoms with van der Waals surface area (Å²) in [5.74, 6) is 0. The van der Waals surface area contributed by atoms with Crippen LogP contribution in [0.3, 0.4) is 0 Å². The SMILES string of the molecule is Cc1nn(C[C@H]2CCCN2)cc1Cl. The first kappa shape index (κ1) is 9.03. The molecule has 1 aliphatic rings. The average Bonchev–Trinajstić information content (AvgIpc) is 2.64. The number of aromatic nitrogens is 2. The van der Waals surface area contributed by atoms with Crippen LogP contribution >= 0.6 is 11.6 Å². The van der Waals surface area contributed by atoms with Crippen LogP contribution in [-0.4, -0.2) is 22.4 Å². The maximum Gasteiger partial charge on any atom is 0.0814 e. The summed E-state index contributed by atoms with van der Waals surface area (Å²) < 4.78 is 1.93. The van der Waals surface area contributed by atoms with E-state index < -0.39 is 0 Å². The fourth-order valence-corrected chi connectivity index (χ4v) is 1.88. The van der Waals surface area contributed by atoms with Gasteiger partial charge in [-0.25, -0.2) is 0 Å². The zero-order valence-electron chi connectivity index (χ0n) is 7.76. The molecule has 4 heteroatoms. The summed E-state index contributed by atoms with van der Waals surface area (Å²) in [7, 11) is 0. The summed E-state index contributed by atoms with van der Waals surface area (Å²) in [6.07, 6.45) is 4.42. The minimum Gasteiger partial charge on any atom is -0.312 e. The zero-order chi connectivity index (χ0) is 9.26. The lowest BCUT2D eigenvalue weighted by molar-refractivity contribution is 0.474. The normalized spacial score (nSPS) is 22.5. The van der Waals surface area contributed by atoms with Crippen molar-refractivity contribution in [2.45, 2.75) is 32.4 Å². The van der Waals surface area contributed by atoms with E-state index in [1.54, 1.807) is 0 Å². The van der Waals surface area contributed by atoms with Crippen molar-refractivity contribution in [3.8, 4) is 0 Å². The van der Waals surface area contributed by atoms with Crippen molar-refractivity contribution in [2.24, 2.45) is 0 Å². The molecular weight excluding hydrogens is 186 g/mol. The summed E-state index contributed by atoms with van der Waals surface area (Å²) in [6, 6.07) is 0.579. The molecule has 3 nitrogen and oxygen atoms in total. The van der Waals surface area contributed by atoms with Gasteiger partial charge in [0.15, 0.2) is 0 Å². The molecule has 0 bridgehead atoms. The van der Waals surface area contributed by atoms with Gasteiger partial charge in [-0.3, -0.25) is 4.68 Å². The first-order valence-corrected chi connectivity index (χ1v) is 5.06. The van der Waals surface area contributed by atoms with Crippen LogP contribution < -0.4 is 5.32 Å². The second kappa shape index (κ2) is 3.68. The van der Waals surface area contributed by atoms with Crippen LogP contribution in [0.25, 0.3) is 0 Å². The molecule has 13 heavy (non-hydrogen) atoms. The van der Waals surface area contributed by atoms with Crippen LogP contribution in [0.1, 0.15) is 18.5 Å². The monoisotopic (exact) mass is 199 g/mol. The Hall–Kier alpha value is -0.540. The predicted octanol–water partition coefficient (Wildman–Crippen LogP) is 1.60. The molecular formula is C9H14ClN3. The maximum atomic E-state index is 5.91. The molecule has 0 aliphatic carbocycles. The number of nitrogens with zero attached hydrogens (tertiary/aromatic N) is 2. The molecule has 1 aromatic rings. The summed E-state index contributed by atoms with van der Waals surface area (Å²) >= 11 is 5.91. The van der Waals surface area contributed by atoms with Crippen molar-refractivity contribution in [3.05, 3.63) is 16.9 Å². The van der Waals surface area contributed by atoms with Crippen LogP contribution in [0.2, 0.25) is 5.02 Å². The molecule has 1 fully saturated rings. The summed E-state index contributed by atoms with van der Waals surface area (Å²) in [5, 5.41) is 8.51. The predicted molar refractivity (Wildman–Crippen MR) is 53.0 cm³/mol. The number of hydrogen-bond acceptors (Lipinski definition) is 2. The van der Waals surface area contributed by atoms with Crippen LogP contribution in [0.4, 0.5) is 0 Å². The molecule has 1 saturated heterocycles. The fraction of sp³-hybridized carbons (Fsp3) is 0.667. The number of aryl methyl sites for hydroxylation is 1. The smallest absolute Gasteiger partial charge is 0.0814 e. The van der Waals surface area contributed by atoms with Gasteiger partial charge in [-0.05, 0) is 26.3 Å². The first-order valence-electron chi connectivity index (χ1n) is 4.68. The average molecular weight is 200 g/mol. The third kappa shape index (κ3) is 2.03. The third-order valence-electron chi connectivity index (χ3n) is 2.46. The molecule has 2 heterocycles. The van der Waals surface area contributed by atoms with Gasteiger partial charge < -0.3 is 5.32 Å². The highest BCUT2D eigenvalue weighted by atomic mass is 35.5. The van der Waals surface area contributed by atoms with Crippen molar-refractivity contribution >= 4 is 11.6 Å². The van der Waals surface area contributed by atoms with Gasteiger partial charge in [-0.15, -0.1) is 0 Å². The van der Waals surface area contributed by atoms with Crippen molar-refractivity contribution < 1.29 is 0 Å². The van der Waals surface area contributed by atoms with Gasteiger partial charge in [-0.2, -0.15) is 5.10 Å². The summed E-state index contributed by atoms with van der Waals surface area (Å²) in [4.78, 5) is 0. The van der Waals surface area contributed by atoms with Gasteiger partial charge >= 0.3 is 0 Å². The number of rotatable bonds is 2. The highest BCUT2D eigenvalue weighted by Crippen LogP contribution is 2.14. The Balaban J connectivity index is 2.00. The van der Waals surface area contributed by atoms with Crippen molar-refractivity contribution in [2.75, 3.05) is 6.54 Å². The number of halogens is 1. The molecule has 0 aromatic carbocycles.